The summed E-state index contributed by atoms with van der Waals surface area (Å²) in [7, 11) is 0. The summed E-state index contributed by atoms with van der Waals surface area (Å²) in [5, 5.41) is 14.9. The Bertz CT molecular complexity index is 330. The minimum absolute atomic E-state index is 0.136. The molecule has 84 valence electrons. The lowest BCUT2D eigenvalue weighted by Gasteiger charge is -2.20. The molecule has 4 heteroatoms. The van der Waals surface area contributed by atoms with Crippen LogP contribution in [0.4, 0.5) is 5.69 Å². The predicted octanol–water partition coefficient (Wildman–Crippen LogP) is 3.25. The third kappa shape index (κ3) is 3.58. The van der Waals surface area contributed by atoms with Gasteiger partial charge in [0, 0.05) is 22.1 Å². The number of halogens is 2. The Morgan fingerprint density at radius 2 is 2.13 bits per heavy atom. The van der Waals surface area contributed by atoms with Gasteiger partial charge in [-0.2, -0.15) is 0 Å². The Labute approximate surface area is 104 Å². The van der Waals surface area contributed by atoms with Crippen molar-refractivity contribution in [2.45, 2.75) is 18.7 Å². The van der Waals surface area contributed by atoms with Gasteiger partial charge in [-0.3, -0.25) is 0 Å². The van der Waals surface area contributed by atoms with E-state index in [0.717, 1.165) is 0 Å². The highest BCUT2D eigenvalue weighted by atomic mass is 79.9. The SMILES string of the molecule is CC(C)C(Br)CNc1cccc(Cl)c1[O-]. The van der Waals surface area contributed by atoms with E-state index >= 15 is 0 Å². The number of hydrogen-bond acceptors (Lipinski definition) is 2. The van der Waals surface area contributed by atoms with E-state index in [2.05, 4.69) is 35.1 Å². The molecule has 0 heterocycles. The molecule has 1 aromatic rings. The normalized spacial score (nSPS) is 12.9. The standard InChI is InChI=1S/C11H15BrClNO/c1-7(2)8(12)6-14-10-5-3-4-9(13)11(10)15/h3-5,7-8,14-15H,6H2,1-2H3/p-1. The van der Waals surface area contributed by atoms with Crippen molar-refractivity contribution in [1.29, 1.82) is 0 Å². The molecule has 1 unspecified atom stereocenters. The van der Waals surface area contributed by atoms with Crippen LogP contribution >= 0.6 is 27.5 Å². The van der Waals surface area contributed by atoms with Gasteiger partial charge in [0.2, 0.25) is 0 Å². The molecule has 0 radical (unpaired) electrons. The molecule has 1 rings (SSSR count). The second-order valence-electron chi connectivity index (χ2n) is 3.76. The van der Waals surface area contributed by atoms with Gasteiger partial charge in [-0.1, -0.05) is 53.2 Å². The van der Waals surface area contributed by atoms with Gasteiger partial charge >= 0.3 is 0 Å². The van der Waals surface area contributed by atoms with E-state index in [9.17, 15) is 5.11 Å². The Kier molecular flexibility index (Phi) is 4.74. The molecule has 0 aliphatic rings. The Morgan fingerprint density at radius 1 is 1.47 bits per heavy atom. The zero-order valence-corrected chi connectivity index (χ0v) is 11.1. The summed E-state index contributed by atoms with van der Waals surface area (Å²) < 4.78 is 0. The second kappa shape index (κ2) is 5.61. The van der Waals surface area contributed by atoms with Crippen LogP contribution in [-0.2, 0) is 0 Å². The van der Waals surface area contributed by atoms with Gasteiger partial charge in [0.1, 0.15) is 0 Å². The maximum absolute atomic E-state index is 11.5. The number of nitrogens with one attached hydrogen (secondary N) is 1. The fourth-order valence-electron chi connectivity index (χ4n) is 1.09. The highest BCUT2D eigenvalue weighted by Gasteiger charge is 2.08. The summed E-state index contributed by atoms with van der Waals surface area (Å²) in [5.74, 6) is 0.384. The van der Waals surface area contributed by atoms with E-state index in [0.29, 0.717) is 23.0 Å². The molecule has 15 heavy (non-hydrogen) atoms. The molecule has 0 fully saturated rings. The van der Waals surface area contributed by atoms with Gasteiger partial charge in [-0.25, -0.2) is 0 Å². The molecule has 1 N–H and O–H groups in total. The maximum atomic E-state index is 11.5. The molecule has 0 amide bonds. The summed E-state index contributed by atoms with van der Waals surface area (Å²) in [6.45, 7) is 4.96. The summed E-state index contributed by atoms with van der Waals surface area (Å²) in [6.07, 6.45) is 0. The first-order chi connectivity index (χ1) is 7.02. The zero-order chi connectivity index (χ0) is 11.4. The van der Waals surface area contributed by atoms with Crippen molar-refractivity contribution in [1.82, 2.24) is 0 Å². The van der Waals surface area contributed by atoms with Crippen LogP contribution in [0.3, 0.4) is 0 Å². The number of hydrogen-bond donors (Lipinski definition) is 1. The number of para-hydroxylation sites is 1. The van der Waals surface area contributed by atoms with Crippen LogP contribution in [0.25, 0.3) is 0 Å². The third-order valence-electron chi connectivity index (χ3n) is 2.18. The Hall–Kier alpha value is -0.410. The van der Waals surface area contributed by atoms with Gasteiger partial charge in [-0.15, -0.1) is 0 Å². The van der Waals surface area contributed by atoms with Gasteiger partial charge in [0.25, 0.3) is 0 Å². The predicted molar refractivity (Wildman–Crippen MR) is 66.9 cm³/mol. The zero-order valence-electron chi connectivity index (χ0n) is 8.76. The molecule has 0 aromatic heterocycles. The van der Waals surface area contributed by atoms with Crippen molar-refractivity contribution in [2.24, 2.45) is 5.92 Å². The molecule has 0 spiro atoms. The summed E-state index contributed by atoms with van der Waals surface area (Å²) in [4.78, 5) is 0.343. The molecular weight excluding hydrogens is 277 g/mol. The van der Waals surface area contributed by atoms with Gasteiger partial charge in [-0.05, 0) is 18.1 Å². The van der Waals surface area contributed by atoms with Crippen LogP contribution in [0, 0.1) is 5.92 Å². The van der Waals surface area contributed by atoms with E-state index in [-0.39, 0.29) is 10.8 Å². The molecule has 2 nitrogen and oxygen atoms in total. The van der Waals surface area contributed by atoms with Crippen LogP contribution in [0.15, 0.2) is 18.2 Å². The van der Waals surface area contributed by atoms with Crippen molar-refractivity contribution in [2.75, 3.05) is 11.9 Å². The average Bonchev–Trinajstić information content (AvgIpc) is 2.19. The fourth-order valence-corrected chi connectivity index (χ4v) is 1.43. The first kappa shape index (κ1) is 12.7. The number of benzene rings is 1. The summed E-state index contributed by atoms with van der Waals surface area (Å²) in [6, 6.07) is 5.11. The van der Waals surface area contributed by atoms with E-state index < -0.39 is 0 Å². The average molecular weight is 292 g/mol. The van der Waals surface area contributed by atoms with Gasteiger partial charge in [0.05, 0.1) is 0 Å². The summed E-state index contributed by atoms with van der Waals surface area (Å²) >= 11 is 9.27. The molecule has 0 saturated carbocycles. The molecule has 0 saturated heterocycles. The number of anilines is 1. The molecular formula is C11H14BrClNO-. The van der Waals surface area contributed by atoms with Crippen LogP contribution in [-0.4, -0.2) is 11.4 Å². The van der Waals surface area contributed by atoms with E-state index in [4.69, 9.17) is 11.6 Å². The van der Waals surface area contributed by atoms with Crippen LogP contribution in [0.1, 0.15) is 13.8 Å². The van der Waals surface area contributed by atoms with Gasteiger partial charge in [0.15, 0.2) is 0 Å². The minimum Gasteiger partial charge on any atom is -0.870 e. The first-order valence-corrected chi connectivity index (χ1v) is 6.15. The van der Waals surface area contributed by atoms with Crippen molar-refractivity contribution < 1.29 is 5.11 Å². The van der Waals surface area contributed by atoms with Crippen molar-refractivity contribution in [3.8, 4) is 5.75 Å². The summed E-state index contributed by atoms with van der Waals surface area (Å²) in [5.41, 5.74) is 0.563. The fraction of sp³-hybridized carbons (Fsp3) is 0.455. The first-order valence-electron chi connectivity index (χ1n) is 4.86. The lowest BCUT2D eigenvalue weighted by molar-refractivity contribution is -0.266. The highest BCUT2D eigenvalue weighted by molar-refractivity contribution is 9.09. The minimum atomic E-state index is -0.136. The molecule has 1 atom stereocenters. The van der Waals surface area contributed by atoms with E-state index in [1.165, 1.54) is 0 Å². The smallest absolute Gasteiger partial charge is 0.0347 e. The monoisotopic (exact) mass is 290 g/mol. The van der Waals surface area contributed by atoms with Crippen LogP contribution in [0.2, 0.25) is 5.02 Å². The molecule has 0 aliphatic carbocycles. The number of alkyl halides is 1. The molecule has 0 bridgehead atoms. The lowest BCUT2D eigenvalue weighted by Crippen LogP contribution is -2.19. The molecule has 1 aromatic carbocycles. The highest BCUT2D eigenvalue weighted by Crippen LogP contribution is 2.28. The maximum Gasteiger partial charge on any atom is 0.0347 e. The van der Waals surface area contributed by atoms with E-state index in [1.807, 2.05) is 0 Å². The largest absolute Gasteiger partial charge is 0.870 e. The topological polar surface area (TPSA) is 35.1 Å². The number of rotatable bonds is 4. The van der Waals surface area contributed by atoms with E-state index in [1.54, 1.807) is 18.2 Å². The van der Waals surface area contributed by atoms with Gasteiger partial charge < -0.3 is 10.4 Å². The third-order valence-corrected chi connectivity index (χ3v) is 3.86. The van der Waals surface area contributed by atoms with Crippen molar-refractivity contribution in [3.63, 3.8) is 0 Å². The quantitative estimate of drug-likeness (QED) is 0.864. The Balaban J connectivity index is 2.62. The lowest BCUT2D eigenvalue weighted by atomic mass is 10.1. The van der Waals surface area contributed by atoms with Crippen LogP contribution in [0.5, 0.6) is 5.75 Å². The van der Waals surface area contributed by atoms with Crippen molar-refractivity contribution in [3.05, 3.63) is 23.2 Å². The van der Waals surface area contributed by atoms with Crippen LogP contribution < -0.4 is 10.4 Å². The molecule has 0 aliphatic heterocycles. The second-order valence-corrected chi connectivity index (χ2v) is 5.34. The Morgan fingerprint density at radius 3 is 2.73 bits per heavy atom. The van der Waals surface area contributed by atoms with Crippen molar-refractivity contribution >= 4 is 33.2 Å².